The summed E-state index contributed by atoms with van der Waals surface area (Å²) in [5.74, 6) is -0.0720. The van der Waals surface area contributed by atoms with Crippen LogP contribution in [0, 0.1) is 0 Å². The maximum absolute atomic E-state index is 13.3. The van der Waals surface area contributed by atoms with E-state index in [4.69, 9.17) is 27.9 Å². The van der Waals surface area contributed by atoms with Crippen molar-refractivity contribution < 1.29 is 17.9 Å². The van der Waals surface area contributed by atoms with Crippen molar-refractivity contribution in [1.82, 2.24) is 0 Å². The summed E-state index contributed by atoms with van der Waals surface area (Å²) in [6, 6.07) is 19.1. The van der Waals surface area contributed by atoms with Gasteiger partial charge in [0, 0.05) is 0 Å². The zero-order valence-electron chi connectivity index (χ0n) is 15.9. The minimum atomic E-state index is -4.04. The summed E-state index contributed by atoms with van der Waals surface area (Å²) in [4.78, 5) is 12.7. The van der Waals surface area contributed by atoms with Crippen molar-refractivity contribution >= 4 is 50.5 Å². The first-order valence-corrected chi connectivity index (χ1v) is 11.0. The fourth-order valence-corrected chi connectivity index (χ4v) is 4.62. The second-order valence-electron chi connectivity index (χ2n) is 6.17. The van der Waals surface area contributed by atoms with Crippen LogP contribution in [0.5, 0.6) is 5.75 Å². The van der Waals surface area contributed by atoms with Crippen LogP contribution in [0.3, 0.4) is 0 Å². The van der Waals surface area contributed by atoms with Crippen LogP contribution in [0.25, 0.3) is 0 Å². The number of anilines is 2. The van der Waals surface area contributed by atoms with E-state index in [1.165, 1.54) is 19.2 Å². The van der Waals surface area contributed by atoms with Gasteiger partial charge in [-0.2, -0.15) is 0 Å². The molecule has 0 spiro atoms. The second-order valence-corrected chi connectivity index (χ2v) is 8.84. The van der Waals surface area contributed by atoms with E-state index in [1.807, 2.05) is 0 Å². The molecule has 3 aromatic carbocycles. The Morgan fingerprint density at radius 1 is 0.933 bits per heavy atom. The van der Waals surface area contributed by atoms with Crippen molar-refractivity contribution in [2.45, 2.75) is 4.90 Å². The largest absolute Gasteiger partial charge is 0.497 e. The van der Waals surface area contributed by atoms with E-state index in [9.17, 15) is 13.2 Å². The summed E-state index contributed by atoms with van der Waals surface area (Å²) >= 11 is 12.2. The van der Waals surface area contributed by atoms with Gasteiger partial charge in [-0.05, 0) is 48.5 Å². The lowest BCUT2D eigenvalue weighted by atomic mass is 10.3. The minimum absolute atomic E-state index is 0.0238. The SMILES string of the molecule is COc1ccc(S(=O)(=O)N(CC(=O)Nc2c(Cl)cccc2Cl)c2ccccc2)cc1. The molecule has 3 rings (SSSR count). The molecule has 0 radical (unpaired) electrons. The molecule has 1 amide bonds. The van der Waals surface area contributed by atoms with Crippen LogP contribution in [0.15, 0.2) is 77.7 Å². The molecular weight excluding hydrogens is 447 g/mol. The third-order valence-corrected chi connectivity index (χ3v) is 6.62. The summed E-state index contributed by atoms with van der Waals surface area (Å²) < 4.78 is 32.7. The van der Waals surface area contributed by atoms with Crippen molar-refractivity contribution in [2.24, 2.45) is 0 Å². The molecule has 30 heavy (non-hydrogen) atoms. The first kappa shape index (κ1) is 22.0. The number of halogens is 2. The number of rotatable bonds is 7. The summed E-state index contributed by atoms with van der Waals surface area (Å²) in [7, 11) is -2.55. The lowest BCUT2D eigenvalue weighted by Gasteiger charge is -2.24. The second kappa shape index (κ2) is 9.38. The van der Waals surface area contributed by atoms with Gasteiger partial charge in [-0.25, -0.2) is 8.42 Å². The minimum Gasteiger partial charge on any atom is -0.497 e. The Labute approximate surface area is 185 Å². The number of para-hydroxylation sites is 2. The quantitative estimate of drug-likeness (QED) is 0.542. The van der Waals surface area contributed by atoms with Gasteiger partial charge in [-0.3, -0.25) is 9.10 Å². The molecule has 0 atom stereocenters. The molecule has 6 nitrogen and oxygen atoms in total. The Bertz CT molecular complexity index is 1120. The van der Waals surface area contributed by atoms with Gasteiger partial charge in [-0.1, -0.05) is 47.5 Å². The van der Waals surface area contributed by atoms with Gasteiger partial charge >= 0.3 is 0 Å². The van der Waals surface area contributed by atoms with Crippen molar-refractivity contribution in [3.05, 3.63) is 82.8 Å². The number of nitrogens with zero attached hydrogens (tertiary/aromatic N) is 1. The van der Waals surface area contributed by atoms with Gasteiger partial charge in [0.1, 0.15) is 12.3 Å². The number of ether oxygens (including phenoxy) is 1. The Morgan fingerprint density at radius 3 is 2.10 bits per heavy atom. The molecule has 156 valence electrons. The Hall–Kier alpha value is -2.74. The third kappa shape index (κ3) is 4.87. The van der Waals surface area contributed by atoms with Crippen LogP contribution in [0.4, 0.5) is 11.4 Å². The van der Waals surface area contributed by atoms with E-state index in [0.717, 1.165) is 4.31 Å². The topological polar surface area (TPSA) is 75.7 Å². The standard InChI is InChI=1S/C21H18Cl2N2O4S/c1-29-16-10-12-17(13-11-16)30(27,28)25(15-6-3-2-4-7-15)14-20(26)24-21-18(22)8-5-9-19(21)23/h2-13H,14H2,1H3,(H,24,26). The molecule has 0 saturated carbocycles. The Balaban J connectivity index is 1.94. The summed E-state index contributed by atoms with van der Waals surface area (Å²) in [5, 5.41) is 3.09. The predicted octanol–water partition coefficient (Wildman–Crippen LogP) is 4.84. The van der Waals surface area contributed by atoms with Crippen LogP contribution < -0.4 is 14.4 Å². The highest BCUT2D eigenvalue weighted by Crippen LogP contribution is 2.30. The summed E-state index contributed by atoms with van der Waals surface area (Å²) in [6.07, 6.45) is 0. The van der Waals surface area contributed by atoms with Crippen molar-refractivity contribution in [3.8, 4) is 5.75 Å². The first-order valence-electron chi connectivity index (χ1n) is 8.78. The molecule has 3 aromatic rings. The van der Waals surface area contributed by atoms with Crippen LogP contribution in [0.1, 0.15) is 0 Å². The van der Waals surface area contributed by atoms with Crippen LogP contribution >= 0.6 is 23.2 Å². The molecule has 0 aliphatic carbocycles. The maximum atomic E-state index is 13.3. The molecule has 0 bridgehead atoms. The highest BCUT2D eigenvalue weighted by molar-refractivity contribution is 7.92. The van der Waals surface area contributed by atoms with Crippen LogP contribution in [-0.2, 0) is 14.8 Å². The van der Waals surface area contributed by atoms with Crippen LogP contribution in [-0.4, -0.2) is 28.0 Å². The zero-order valence-corrected chi connectivity index (χ0v) is 18.2. The van der Waals surface area contributed by atoms with Crippen LogP contribution in [0.2, 0.25) is 10.0 Å². The Kier molecular flexibility index (Phi) is 6.87. The van der Waals surface area contributed by atoms with E-state index >= 15 is 0 Å². The monoisotopic (exact) mass is 464 g/mol. The highest BCUT2D eigenvalue weighted by atomic mass is 35.5. The molecule has 9 heteroatoms. The number of carbonyl (C=O) groups is 1. The van der Waals surface area contributed by atoms with E-state index in [2.05, 4.69) is 5.32 Å². The number of benzene rings is 3. The highest BCUT2D eigenvalue weighted by Gasteiger charge is 2.27. The number of hydrogen-bond acceptors (Lipinski definition) is 4. The number of sulfonamides is 1. The van der Waals surface area contributed by atoms with Crippen molar-refractivity contribution in [2.75, 3.05) is 23.3 Å². The van der Waals surface area contributed by atoms with Gasteiger partial charge in [-0.15, -0.1) is 0 Å². The van der Waals surface area contributed by atoms with E-state index in [-0.39, 0.29) is 20.6 Å². The Morgan fingerprint density at radius 2 is 1.53 bits per heavy atom. The van der Waals surface area contributed by atoms with E-state index < -0.39 is 22.5 Å². The number of amides is 1. The average molecular weight is 465 g/mol. The molecule has 0 saturated heterocycles. The fraction of sp³-hybridized carbons (Fsp3) is 0.0952. The number of hydrogen-bond donors (Lipinski definition) is 1. The van der Waals surface area contributed by atoms with Crippen molar-refractivity contribution in [1.29, 1.82) is 0 Å². The van der Waals surface area contributed by atoms with Gasteiger partial charge < -0.3 is 10.1 Å². The fourth-order valence-electron chi connectivity index (χ4n) is 2.71. The number of carbonyl (C=O) groups excluding carboxylic acids is 1. The van der Waals surface area contributed by atoms with Gasteiger partial charge in [0.25, 0.3) is 10.0 Å². The molecule has 0 aliphatic rings. The van der Waals surface area contributed by atoms with Crippen molar-refractivity contribution in [3.63, 3.8) is 0 Å². The molecule has 0 fully saturated rings. The lowest BCUT2D eigenvalue weighted by Crippen LogP contribution is -2.38. The molecule has 0 heterocycles. The molecule has 0 aromatic heterocycles. The number of nitrogens with one attached hydrogen (secondary N) is 1. The van der Waals surface area contributed by atoms with Gasteiger partial charge in [0.05, 0.1) is 33.4 Å². The smallest absolute Gasteiger partial charge is 0.264 e. The van der Waals surface area contributed by atoms with E-state index in [0.29, 0.717) is 11.4 Å². The third-order valence-electron chi connectivity index (χ3n) is 4.21. The lowest BCUT2D eigenvalue weighted by molar-refractivity contribution is -0.114. The van der Waals surface area contributed by atoms with Gasteiger partial charge in [0.2, 0.25) is 5.91 Å². The molecule has 1 N–H and O–H groups in total. The summed E-state index contributed by atoms with van der Waals surface area (Å²) in [5.41, 5.74) is 0.564. The number of methoxy groups -OCH3 is 1. The van der Waals surface area contributed by atoms with E-state index in [1.54, 1.807) is 60.7 Å². The predicted molar refractivity (Wildman–Crippen MR) is 119 cm³/mol. The average Bonchev–Trinajstić information content (AvgIpc) is 2.75. The molecular formula is C21H18Cl2N2O4S. The first-order chi connectivity index (χ1) is 14.3. The summed E-state index contributed by atoms with van der Waals surface area (Å²) in [6.45, 7) is -0.472. The van der Waals surface area contributed by atoms with Gasteiger partial charge in [0.15, 0.2) is 0 Å². The normalized spacial score (nSPS) is 11.0. The molecule has 0 aliphatic heterocycles. The molecule has 0 unspecified atom stereocenters. The maximum Gasteiger partial charge on any atom is 0.264 e. The zero-order chi connectivity index (χ0) is 21.7.